The summed E-state index contributed by atoms with van der Waals surface area (Å²) in [7, 11) is 1.38. The lowest BCUT2D eigenvalue weighted by Crippen LogP contribution is -2.09. The molecule has 0 spiro atoms. The predicted octanol–water partition coefficient (Wildman–Crippen LogP) is 14.4. The molecule has 0 aliphatic heterocycles. The maximum absolute atomic E-state index is 13.0. The van der Waals surface area contributed by atoms with E-state index in [-0.39, 0.29) is 11.9 Å². The molecule has 0 aliphatic rings. The first-order chi connectivity index (χ1) is 31.3. The van der Waals surface area contributed by atoms with E-state index < -0.39 is 0 Å². The number of nitrogen functional groups attached to an aromatic ring is 1. The Morgan fingerprint density at radius 1 is 0.531 bits per heavy atom. The first kappa shape index (κ1) is 43.2. The van der Waals surface area contributed by atoms with Crippen LogP contribution in [-0.4, -0.2) is 29.0 Å². The van der Waals surface area contributed by atoms with Gasteiger partial charge >= 0.3 is 5.97 Å². The molecule has 314 valence electrons. The number of nitrogens with zero attached hydrogens (tertiary/aromatic N) is 2. The number of esters is 1. The summed E-state index contributed by atoms with van der Waals surface area (Å²) < 4.78 is 7.46. The number of nitrogens with two attached hydrogens (primary N) is 1. The molecule has 0 saturated heterocycles. The summed E-state index contributed by atoms with van der Waals surface area (Å²) in [5.74, 6) is -0.440. The van der Waals surface area contributed by atoms with Crippen LogP contribution in [0.2, 0.25) is 0 Å². The number of methoxy groups -OCH3 is 1. The number of amides is 1. The summed E-state index contributed by atoms with van der Waals surface area (Å²) in [5, 5.41) is 8.44. The second kappa shape index (κ2) is 20.6. The average Bonchev–Trinajstić information content (AvgIpc) is 4.01. The zero-order chi connectivity index (χ0) is 44.3. The van der Waals surface area contributed by atoms with Crippen molar-refractivity contribution in [3.63, 3.8) is 0 Å². The van der Waals surface area contributed by atoms with E-state index in [2.05, 4.69) is 102 Å². The second-order valence-corrected chi connectivity index (χ2v) is 17.3. The summed E-state index contributed by atoms with van der Waals surface area (Å²) in [5.41, 5.74) is 16.0. The number of thiophene rings is 2. The lowest BCUT2D eigenvalue weighted by molar-refractivity contribution is 0.0606. The van der Waals surface area contributed by atoms with E-state index in [4.69, 9.17) is 5.73 Å². The summed E-state index contributed by atoms with van der Waals surface area (Å²) in [6.07, 6.45) is 7.03. The molecule has 11 heteroatoms. The number of ether oxygens (including phenoxy) is 1. The zero-order valence-corrected chi connectivity index (χ0v) is 37.7. The third kappa shape index (κ3) is 10.8. The number of hydrogen-bond acceptors (Lipinski definition) is 9. The van der Waals surface area contributed by atoms with Crippen LogP contribution >= 0.6 is 38.6 Å². The van der Waals surface area contributed by atoms with Gasteiger partial charge in [0.25, 0.3) is 5.91 Å². The molecule has 10 rings (SSSR count). The van der Waals surface area contributed by atoms with E-state index in [1.165, 1.54) is 46.5 Å². The predicted molar refractivity (Wildman–Crippen MR) is 270 cm³/mol. The molecule has 4 N–H and O–H groups in total. The quantitative estimate of drug-likeness (QED) is 0.103. The molecule has 0 fully saturated rings. The lowest BCUT2D eigenvalue weighted by atomic mass is 10.1. The highest BCUT2D eigenvalue weighted by Gasteiger charge is 2.15. The fraction of sp³-hybridized carbons (Fsp3) is 0.0189. The normalized spacial score (nSPS) is 10.5. The van der Waals surface area contributed by atoms with E-state index in [0.717, 1.165) is 64.1 Å². The van der Waals surface area contributed by atoms with E-state index in [0.29, 0.717) is 9.75 Å². The van der Waals surface area contributed by atoms with Crippen molar-refractivity contribution < 1.29 is 14.3 Å². The number of carbonyl (C=O) groups excluding carboxylic acids is 2. The molecule has 0 atom stereocenters. The highest BCUT2D eigenvalue weighted by Crippen LogP contribution is 2.34. The van der Waals surface area contributed by atoms with E-state index in [1.54, 1.807) is 30.9 Å². The Hall–Kier alpha value is -7.44. The topological polar surface area (TPSA) is 119 Å². The molecular formula is C53H40BrN5O3S2. The Bertz CT molecular complexity index is 3130. The van der Waals surface area contributed by atoms with Crippen molar-refractivity contribution in [2.24, 2.45) is 0 Å². The van der Waals surface area contributed by atoms with Crippen LogP contribution in [0.4, 0.5) is 22.7 Å². The molecule has 8 nitrogen and oxygen atoms in total. The van der Waals surface area contributed by atoms with Gasteiger partial charge in [-0.15, -0.1) is 22.7 Å². The molecule has 10 aromatic rings. The maximum Gasteiger partial charge on any atom is 0.348 e. The minimum atomic E-state index is -0.307. The van der Waals surface area contributed by atoms with Gasteiger partial charge < -0.3 is 21.1 Å². The first-order valence-corrected chi connectivity index (χ1v) is 22.5. The molecule has 0 radical (unpaired) electrons. The maximum atomic E-state index is 13.0. The van der Waals surface area contributed by atoms with Crippen molar-refractivity contribution in [3.8, 4) is 33.4 Å². The van der Waals surface area contributed by atoms with Gasteiger partial charge in [-0.3, -0.25) is 14.8 Å². The minimum Gasteiger partial charge on any atom is -0.465 e. The third-order valence-electron chi connectivity index (χ3n) is 9.99. The van der Waals surface area contributed by atoms with Crippen LogP contribution in [0.15, 0.2) is 205 Å². The lowest BCUT2D eigenvalue weighted by Gasteiger charge is -2.08. The first-order valence-electron chi connectivity index (χ1n) is 20.1. The molecule has 0 unspecified atom stereocenters. The summed E-state index contributed by atoms with van der Waals surface area (Å²) in [4.78, 5) is 33.9. The number of benzene rings is 6. The van der Waals surface area contributed by atoms with Gasteiger partial charge in [-0.1, -0.05) is 127 Å². The monoisotopic (exact) mass is 937 g/mol. The van der Waals surface area contributed by atoms with Gasteiger partial charge in [-0.25, -0.2) is 4.79 Å². The summed E-state index contributed by atoms with van der Waals surface area (Å²) >= 11 is 6.18. The Morgan fingerprint density at radius 2 is 0.969 bits per heavy atom. The molecule has 4 heterocycles. The number of carbonyl (C=O) groups is 2. The summed E-state index contributed by atoms with van der Waals surface area (Å²) in [6.45, 7) is 0. The zero-order valence-electron chi connectivity index (χ0n) is 34.4. The largest absolute Gasteiger partial charge is 0.465 e. The molecule has 1 amide bonds. The number of aromatic nitrogens is 2. The van der Waals surface area contributed by atoms with E-state index in [1.807, 2.05) is 109 Å². The Morgan fingerprint density at radius 3 is 1.48 bits per heavy atom. The van der Waals surface area contributed by atoms with Crippen LogP contribution < -0.4 is 16.4 Å². The van der Waals surface area contributed by atoms with Crippen molar-refractivity contribution in [1.29, 1.82) is 0 Å². The Kier molecular flexibility index (Phi) is 13.9. The van der Waals surface area contributed by atoms with Crippen LogP contribution in [-0.2, 0) is 4.74 Å². The highest BCUT2D eigenvalue weighted by molar-refractivity contribution is 9.10. The van der Waals surface area contributed by atoms with Crippen LogP contribution in [0.3, 0.4) is 0 Å². The molecule has 6 aromatic carbocycles. The Balaban J connectivity index is 0.000000168. The van der Waals surface area contributed by atoms with Gasteiger partial charge in [0.15, 0.2) is 0 Å². The second-order valence-electron chi connectivity index (χ2n) is 14.3. The molecule has 0 aliphatic carbocycles. The van der Waals surface area contributed by atoms with Crippen molar-refractivity contribution >= 4 is 93.4 Å². The number of halogens is 1. The van der Waals surface area contributed by atoms with Crippen LogP contribution in [0, 0.1) is 0 Å². The minimum absolute atomic E-state index is 0.133. The van der Waals surface area contributed by atoms with Gasteiger partial charge in [0.1, 0.15) is 4.88 Å². The van der Waals surface area contributed by atoms with E-state index >= 15 is 0 Å². The van der Waals surface area contributed by atoms with Crippen LogP contribution in [0.5, 0.6) is 0 Å². The number of rotatable bonds is 8. The molecular weight excluding hydrogens is 899 g/mol. The van der Waals surface area contributed by atoms with Crippen molar-refractivity contribution in [2.75, 3.05) is 23.5 Å². The number of pyridine rings is 2. The van der Waals surface area contributed by atoms with Crippen LogP contribution in [0.1, 0.15) is 19.3 Å². The van der Waals surface area contributed by atoms with Gasteiger partial charge in [-0.05, 0) is 97.8 Å². The molecule has 64 heavy (non-hydrogen) atoms. The SMILES string of the molecule is COC(=O)c1cc2c(Br)cncc2s1.Nc1ccc(-c2ccccc2)cc1.O=C(Nc1ccc(-c2ccccc2)cc1)c1cc2c(Nc3ccc(-c4ccccc4)cc3)cncc2s1. The van der Waals surface area contributed by atoms with Crippen molar-refractivity contribution in [2.45, 2.75) is 0 Å². The standard InChI is InChI=1S/C32H23N3OS.C12H11N.C9H6BrNO2S/c36-32(35-27-17-13-25(14-18-27)23-9-5-2-6-10-23)30-19-28-29(20-33-21-31(28)37-30)34-26-15-11-24(12-16-26)22-7-3-1-4-8-22;13-12-8-6-11(7-9-12)10-4-2-1-3-5-10;1-13-9(12)7-2-5-6(10)3-11-4-8(5)14-7/h1-21,34H,(H,35,36);1-9H,13H2;2-4H,1H3. The van der Waals surface area contributed by atoms with Crippen molar-refractivity contribution in [3.05, 3.63) is 215 Å². The molecule has 4 aromatic heterocycles. The van der Waals surface area contributed by atoms with Gasteiger partial charge in [0.05, 0.1) is 33.3 Å². The molecule has 0 bridgehead atoms. The number of hydrogen-bond donors (Lipinski definition) is 3. The summed E-state index contributed by atoms with van der Waals surface area (Å²) in [6, 6.07) is 58.6. The smallest absolute Gasteiger partial charge is 0.348 e. The third-order valence-corrected chi connectivity index (χ3v) is 12.7. The van der Waals surface area contributed by atoms with Gasteiger partial charge in [0, 0.05) is 50.9 Å². The van der Waals surface area contributed by atoms with Crippen LogP contribution in [0.25, 0.3) is 53.6 Å². The average molecular weight is 939 g/mol. The van der Waals surface area contributed by atoms with Crippen molar-refractivity contribution in [1.82, 2.24) is 9.97 Å². The Labute approximate surface area is 387 Å². The van der Waals surface area contributed by atoms with Gasteiger partial charge in [-0.2, -0.15) is 0 Å². The molecule has 0 saturated carbocycles. The fourth-order valence-corrected chi connectivity index (χ4v) is 9.21. The number of anilines is 4. The van der Waals surface area contributed by atoms with Gasteiger partial charge in [0.2, 0.25) is 0 Å². The van der Waals surface area contributed by atoms with E-state index in [9.17, 15) is 9.59 Å². The number of nitrogens with one attached hydrogen (secondary N) is 2. The number of fused-ring (bicyclic) bond motifs is 2. The highest BCUT2D eigenvalue weighted by atomic mass is 79.9. The fourth-order valence-electron chi connectivity index (χ4n) is 6.71.